The molecule has 1 aliphatic carbocycles. The highest BCUT2D eigenvalue weighted by atomic mass is 16.4. The molecular formula is C16H17NO4. The Hall–Kier alpha value is -2.30. The Kier molecular flexibility index (Phi) is 3.20. The number of carboxylic acids is 1. The summed E-state index contributed by atoms with van der Waals surface area (Å²) < 4.78 is 5.67. The molecule has 0 aliphatic heterocycles. The van der Waals surface area contributed by atoms with Crippen molar-refractivity contribution in [3.8, 4) is 0 Å². The van der Waals surface area contributed by atoms with Crippen molar-refractivity contribution in [2.75, 3.05) is 0 Å². The molecule has 0 spiro atoms. The van der Waals surface area contributed by atoms with E-state index in [-0.39, 0.29) is 11.7 Å². The fourth-order valence-electron chi connectivity index (χ4n) is 2.62. The Balaban J connectivity index is 1.92. The van der Waals surface area contributed by atoms with E-state index in [4.69, 9.17) is 4.42 Å². The summed E-state index contributed by atoms with van der Waals surface area (Å²) in [7, 11) is 0. The third-order valence-corrected chi connectivity index (χ3v) is 4.01. The van der Waals surface area contributed by atoms with E-state index in [1.807, 2.05) is 32.0 Å². The largest absolute Gasteiger partial charge is 0.480 e. The molecule has 1 fully saturated rings. The lowest BCUT2D eigenvalue weighted by Gasteiger charge is -2.12. The first-order valence-electron chi connectivity index (χ1n) is 7.01. The maximum Gasteiger partial charge on any atom is 0.326 e. The van der Waals surface area contributed by atoms with Gasteiger partial charge in [-0.1, -0.05) is 18.2 Å². The van der Waals surface area contributed by atoms with Gasteiger partial charge in [0.15, 0.2) is 5.76 Å². The molecule has 1 unspecified atom stereocenters. The summed E-state index contributed by atoms with van der Waals surface area (Å²) in [5, 5.41) is 12.7. The van der Waals surface area contributed by atoms with Crippen molar-refractivity contribution in [2.24, 2.45) is 5.92 Å². The maximum absolute atomic E-state index is 12.3. The molecule has 0 saturated heterocycles. The molecule has 110 valence electrons. The van der Waals surface area contributed by atoms with Gasteiger partial charge >= 0.3 is 5.97 Å². The number of hydrogen-bond donors (Lipinski definition) is 2. The topological polar surface area (TPSA) is 79.5 Å². The van der Waals surface area contributed by atoms with Crippen LogP contribution in [-0.2, 0) is 4.79 Å². The number of hydrogen-bond acceptors (Lipinski definition) is 3. The number of para-hydroxylation sites is 1. The van der Waals surface area contributed by atoms with Gasteiger partial charge in [-0.15, -0.1) is 0 Å². The molecule has 1 amide bonds. The number of carboxylic acid groups (broad SMARTS) is 1. The fourth-order valence-corrected chi connectivity index (χ4v) is 2.62. The molecule has 1 saturated carbocycles. The zero-order valence-corrected chi connectivity index (χ0v) is 12.0. The number of carbonyl (C=O) groups is 2. The third kappa shape index (κ3) is 2.39. The number of aryl methyl sites for hydroxylation is 2. The summed E-state index contributed by atoms with van der Waals surface area (Å²) >= 11 is 0. The molecule has 0 radical (unpaired) electrons. The van der Waals surface area contributed by atoms with E-state index in [1.54, 1.807) is 0 Å². The Morgan fingerprint density at radius 2 is 2.05 bits per heavy atom. The minimum atomic E-state index is -0.990. The standard InChI is InChI=1S/C16H17NO4/c1-8-4-3-5-11-9(2)14(21-13(8)11)15(18)17-12(16(19)20)10-6-7-10/h3-5,10,12H,6-7H2,1-2H3,(H,17,18)(H,19,20). The van der Waals surface area contributed by atoms with Gasteiger partial charge in [0.05, 0.1) is 0 Å². The number of amides is 1. The summed E-state index contributed by atoms with van der Waals surface area (Å²) in [5.41, 5.74) is 2.37. The van der Waals surface area contributed by atoms with Crippen LogP contribution in [0.5, 0.6) is 0 Å². The number of furan rings is 1. The van der Waals surface area contributed by atoms with Gasteiger partial charge in [0.1, 0.15) is 11.6 Å². The first kappa shape index (κ1) is 13.7. The molecular weight excluding hydrogens is 270 g/mol. The quantitative estimate of drug-likeness (QED) is 0.906. The first-order valence-corrected chi connectivity index (χ1v) is 7.01. The van der Waals surface area contributed by atoms with Crippen molar-refractivity contribution in [2.45, 2.75) is 32.7 Å². The zero-order valence-electron chi connectivity index (χ0n) is 12.0. The fraction of sp³-hybridized carbons (Fsp3) is 0.375. The van der Waals surface area contributed by atoms with E-state index in [0.717, 1.165) is 29.4 Å². The van der Waals surface area contributed by atoms with Crippen LogP contribution in [0.2, 0.25) is 0 Å². The molecule has 2 aromatic rings. The number of nitrogens with one attached hydrogen (secondary N) is 1. The summed E-state index contributed by atoms with van der Waals surface area (Å²) in [6.45, 7) is 3.73. The number of aliphatic carboxylic acids is 1. The lowest BCUT2D eigenvalue weighted by molar-refractivity contribution is -0.139. The van der Waals surface area contributed by atoms with E-state index < -0.39 is 17.9 Å². The lowest BCUT2D eigenvalue weighted by Crippen LogP contribution is -2.42. The van der Waals surface area contributed by atoms with Gasteiger partial charge in [0.25, 0.3) is 5.91 Å². The summed E-state index contributed by atoms with van der Waals surface area (Å²) in [6.07, 6.45) is 1.69. The highest BCUT2D eigenvalue weighted by Gasteiger charge is 2.38. The number of carbonyl (C=O) groups excluding carboxylic acids is 1. The number of rotatable bonds is 4. The second-order valence-corrected chi connectivity index (χ2v) is 5.63. The van der Waals surface area contributed by atoms with Gasteiger partial charge in [-0.25, -0.2) is 4.79 Å². The van der Waals surface area contributed by atoms with Crippen LogP contribution in [0.3, 0.4) is 0 Å². The smallest absolute Gasteiger partial charge is 0.326 e. The molecule has 1 heterocycles. The van der Waals surface area contributed by atoms with Gasteiger partial charge in [0.2, 0.25) is 0 Å². The first-order chi connectivity index (χ1) is 9.99. The zero-order chi connectivity index (χ0) is 15.1. The third-order valence-electron chi connectivity index (χ3n) is 4.01. The Labute approximate surface area is 121 Å². The van der Waals surface area contributed by atoms with Crippen LogP contribution in [0, 0.1) is 19.8 Å². The van der Waals surface area contributed by atoms with Crippen LogP contribution >= 0.6 is 0 Å². The molecule has 5 heteroatoms. The summed E-state index contributed by atoms with van der Waals surface area (Å²) in [6, 6.07) is 4.89. The van der Waals surface area contributed by atoms with Crippen LogP contribution in [0.25, 0.3) is 11.0 Å². The van der Waals surface area contributed by atoms with Gasteiger partial charge in [-0.05, 0) is 38.2 Å². The summed E-state index contributed by atoms with van der Waals surface area (Å²) in [4.78, 5) is 23.5. The van der Waals surface area contributed by atoms with Gasteiger partial charge in [0, 0.05) is 10.9 Å². The van der Waals surface area contributed by atoms with E-state index >= 15 is 0 Å². The normalized spacial score (nSPS) is 15.9. The Bertz CT molecular complexity index is 727. The van der Waals surface area contributed by atoms with Crippen LogP contribution in [0.15, 0.2) is 22.6 Å². The minimum Gasteiger partial charge on any atom is -0.480 e. The van der Waals surface area contributed by atoms with E-state index in [2.05, 4.69) is 5.32 Å². The molecule has 0 bridgehead atoms. The molecule has 1 aliphatic rings. The van der Waals surface area contributed by atoms with Gasteiger partial charge in [-0.3, -0.25) is 4.79 Å². The molecule has 3 rings (SSSR count). The monoisotopic (exact) mass is 287 g/mol. The molecule has 5 nitrogen and oxygen atoms in total. The SMILES string of the molecule is Cc1c(C(=O)NC(C(=O)O)C2CC2)oc2c(C)cccc12. The van der Waals surface area contributed by atoms with E-state index in [9.17, 15) is 14.7 Å². The van der Waals surface area contributed by atoms with Gasteiger partial charge < -0.3 is 14.8 Å². The number of fused-ring (bicyclic) bond motifs is 1. The van der Waals surface area contributed by atoms with Crippen LogP contribution in [0.1, 0.15) is 34.5 Å². The highest BCUT2D eigenvalue weighted by Crippen LogP contribution is 2.33. The highest BCUT2D eigenvalue weighted by molar-refractivity contribution is 6.00. The van der Waals surface area contributed by atoms with Gasteiger partial charge in [-0.2, -0.15) is 0 Å². The van der Waals surface area contributed by atoms with Crippen LogP contribution < -0.4 is 5.32 Å². The maximum atomic E-state index is 12.3. The van der Waals surface area contributed by atoms with E-state index in [0.29, 0.717) is 5.58 Å². The van der Waals surface area contributed by atoms with Crippen molar-refractivity contribution in [1.82, 2.24) is 5.32 Å². The molecule has 2 N–H and O–H groups in total. The van der Waals surface area contributed by atoms with Crippen molar-refractivity contribution >= 4 is 22.8 Å². The van der Waals surface area contributed by atoms with Crippen molar-refractivity contribution < 1.29 is 19.1 Å². The predicted octanol–water partition coefficient (Wildman–Crippen LogP) is 2.64. The average Bonchev–Trinajstić information content (AvgIpc) is 3.21. The molecule has 21 heavy (non-hydrogen) atoms. The second-order valence-electron chi connectivity index (χ2n) is 5.63. The number of benzene rings is 1. The Morgan fingerprint density at radius 3 is 2.62 bits per heavy atom. The summed E-state index contributed by atoms with van der Waals surface area (Å²) in [5.74, 6) is -1.21. The minimum absolute atomic E-state index is 0.0397. The lowest BCUT2D eigenvalue weighted by atomic mass is 10.1. The molecule has 1 aromatic carbocycles. The molecule has 1 atom stereocenters. The predicted molar refractivity (Wildman–Crippen MR) is 77.3 cm³/mol. The Morgan fingerprint density at radius 1 is 1.33 bits per heavy atom. The van der Waals surface area contributed by atoms with Crippen molar-refractivity contribution in [3.05, 3.63) is 35.1 Å². The van der Waals surface area contributed by atoms with Crippen molar-refractivity contribution in [3.63, 3.8) is 0 Å². The second kappa shape index (κ2) is 4.91. The average molecular weight is 287 g/mol. The van der Waals surface area contributed by atoms with Crippen LogP contribution in [0.4, 0.5) is 0 Å². The van der Waals surface area contributed by atoms with Crippen molar-refractivity contribution in [1.29, 1.82) is 0 Å². The van der Waals surface area contributed by atoms with E-state index in [1.165, 1.54) is 0 Å². The van der Waals surface area contributed by atoms with Crippen LogP contribution in [-0.4, -0.2) is 23.0 Å². The molecule has 1 aromatic heterocycles.